The minimum Gasteiger partial charge on any atom is -0.507 e. The molecule has 17 heavy (non-hydrogen) atoms. The number of aromatic nitrogens is 2. The smallest absolute Gasteiger partial charge is 0.137 e. The predicted molar refractivity (Wildman–Crippen MR) is 72.5 cm³/mol. The maximum absolute atomic E-state index is 9.74. The highest BCUT2D eigenvalue weighted by Gasteiger charge is 2.06. The van der Waals surface area contributed by atoms with E-state index >= 15 is 0 Å². The van der Waals surface area contributed by atoms with E-state index in [1.807, 2.05) is 30.5 Å². The summed E-state index contributed by atoms with van der Waals surface area (Å²) < 4.78 is 0. The summed E-state index contributed by atoms with van der Waals surface area (Å²) in [6.45, 7) is 0. The van der Waals surface area contributed by atoms with E-state index in [0.29, 0.717) is 0 Å². The van der Waals surface area contributed by atoms with Gasteiger partial charge in [-0.1, -0.05) is 12.1 Å². The van der Waals surface area contributed by atoms with Crippen LogP contribution in [0.1, 0.15) is 0 Å². The highest BCUT2D eigenvalue weighted by molar-refractivity contribution is 7.27. The molecule has 0 saturated carbocycles. The van der Waals surface area contributed by atoms with Crippen LogP contribution in [0.5, 0.6) is 5.75 Å². The van der Waals surface area contributed by atoms with Crippen molar-refractivity contribution in [3.05, 3.63) is 42.7 Å². The van der Waals surface area contributed by atoms with Crippen LogP contribution < -0.4 is 5.30 Å². The maximum Gasteiger partial charge on any atom is 0.137 e. The Labute approximate surface area is 101 Å². The van der Waals surface area contributed by atoms with Gasteiger partial charge in [-0.15, -0.1) is 9.24 Å². The quantitative estimate of drug-likeness (QED) is 0.644. The Morgan fingerprint density at radius 2 is 2.06 bits per heavy atom. The number of phenols is 1. The second-order valence-corrected chi connectivity index (χ2v) is 4.49. The Hall–Kier alpha value is -1.86. The molecule has 1 unspecified atom stereocenters. The highest BCUT2D eigenvalue weighted by atomic mass is 31.0. The number of hydrogen-bond acceptors (Lipinski definition) is 2. The third-order valence-electron chi connectivity index (χ3n) is 2.80. The van der Waals surface area contributed by atoms with E-state index in [9.17, 15) is 5.11 Å². The molecule has 2 N–H and O–H groups in total. The van der Waals surface area contributed by atoms with E-state index in [4.69, 9.17) is 0 Å². The molecular weight excluding hydrogens is 231 g/mol. The number of benzene rings is 1. The Morgan fingerprint density at radius 3 is 2.88 bits per heavy atom. The lowest BCUT2D eigenvalue weighted by atomic mass is 10.0. The molecule has 84 valence electrons. The molecule has 2 heterocycles. The molecule has 0 aliphatic carbocycles. The van der Waals surface area contributed by atoms with Crippen molar-refractivity contribution in [2.45, 2.75) is 0 Å². The van der Waals surface area contributed by atoms with Crippen LogP contribution in [-0.4, -0.2) is 15.1 Å². The molecule has 0 aliphatic heterocycles. The van der Waals surface area contributed by atoms with Crippen molar-refractivity contribution >= 4 is 25.6 Å². The minimum atomic E-state index is 0.285. The van der Waals surface area contributed by atoms with E-state index in [-0.39, 0.29) is 5.75 Å². The number of aromatic hydroxyl groups is 1. The number of nitrogens with one attached hydrogen (secondary N) is 1. The zero-order valence-corrected chi connectivity index (χ0v) is 10.2. The van der Waals surface area contributed by atoms with E-state index in [1.54, 1.807) is 12.3 Å². The fraction of sp³-hybridized carbons (Fsp3) is 0. The Kier molecular flexibility index (Phi) is 2.34. The summed E-state index contributed by atoms with van der Waals surface area (Å²) in [5.41, 5.74) is 2.91. The van der Waals surface area contributed by atoms with Crippen molar-refractivity contribution in [2.24, 2.45) is 0 Å². The number of pyridine rings is 1. The first kappa shape index (κ1) is 10.3. The first-order valence-electron chi connectivity index (χ1n) is 5.26. The Morgan fingerprint density at radius 1 is 1.18 bits per heavy atom. The number of H-pyrrole nitrogens is 1. The third-order valence-corrected chi connectivity index (χ3v) is 3.29. The summed E-state index contributed by atoms with van der Waals surface area (Å²) >= 11 is 0. The van der Waals surface area contributed by atoms with E-state index in [0.717, 1.165) is 27.5 Å². The van der Waals surface area contributed by atoms with Crippen LogP contribution in [-0.2, 0) is 0 Å². The van der Waals surface area contributed by atoms with Crippen LogP contribution >= 0.6 is 9.24 Å². The van der Waals surface area contributed by atoms with Gasteiger partial charge in [0.15, 0.2) is 0 Å². The summed E-state index contributed by atoms with van der Waals surface area (Å²) in [6, 6.07) is 9.58. The zero-order chi connectivity index (χ0) is 11.8. The molecule has 2 aromatic heterocycles. The lowest BCUT2D eigenvalue weighted by Gasteiger charge is -2.05. The second-order valence-electron chi connectivity index (χ2n) is 3.87. The summed E-state index contributed by atoms with van der Waals surface area (Å²) in [5.74, 6) is 0.285. The first-order valence-corrected chi connectivity index (χ1v) is 5.84. The molecule has 0 amide bonds. The Bertz CT molecular complexity index is 691. The molecular formula is C13H11N2OP. The maximum atomic E-state index is 9.74. The van der Waals surface area contributed by atoms with E-state index < -0.39 is 0 Å². The summed E-state index contributed by atoms with van der Waals surface area (Å²) in [5, 5.41) is 11.6. The average Bonchev–Trinajstić information content (AvgIpc) is 2.80. The van der Waals surface area contributed by atoms with Crippen molar-refractivity contribution in [1.82, 2.24) is 9.97 Å². The van der Waals surface area contributed by atoms with Crippen molar-refractivity contribution in [1.29, 1.82) is 0 Å². The molecule has 0 spiro atoms. The highest BCUT2D eigenvalue weighted by Crippen LogP contribution is 2.28. The predicted octanol–water partition coefficient (Wildman–Crippen LogP) is 2.44. The van der Waals surface area contributed by atoms with E-state index in [2.05, 4.69) is 19.2 Å². The average molecular weight is 242 g/mol. The lowest BCUT2D eigenvalue weighted by molar-refractivity contribution is 0.480. The molecule has 1 aromatic carbocycles. The van der Waals surface area contributed by atoms with Gasteiger partial charge in [-0.05, 0) is 29.3 Å². The van der Waals surface area contributed by atoms with Crippen molar-refractivity contribution in [3.63, 3.8) is 0 Å². The van der Waals surface area contributed by atoms with Gasteiger partial charge in [0.05, 0.1) is 0 Å². The summed E-state index contributed by atoms with van der Waals surface area (Å²) in [6.07, 6.45) is 3.63. The van der Waals surface area contributed by atoms with Crippen molar-refractivity contribution < 1.29 is 5.11 Å². The summed E-state index contributed by atoms with van der Waals surface area (Å²) in [7, 11) is 2.50. The summed E-state index contributed by atoms with van der Waals surface area (Å²) in [4.78, 5) is 7.32. The molecule has 1 atom stereocenters. The molecule has 0 bridgehead atoms. The van der Waals surface area contributed by atoms with Crippen LogP contribution in [0.4, 0.5) is 0 Å². The van der Waals surface area contributed by atoms with Crippen LogP contribution in [0.2, 0.25) is 0 Å². The molecule has 0 fully saturated rings. The number of phenolic OH excluding ortho intramolecular Hbond substituents is 1. The molecule has 0 aliphatic rings. The van der Waals surface area contributed by atoms with E-state index in [1.165, 1.54) is 0 Å². The minimum absolute atomic E-state index is 0.285. The monoisotopic (exact) mass is 242 g/mol. The molecule has 3 nitrogen and oxygen atoms in total. The van der Waals surface area contributed by atoms with Crippen LogP contribution in [0.25, 0.3) is 22.2 Å². The van der Waals surface area contributed by atoms with Crippen LogP contribution in [0, 0.1) is 0 Å². The fourth-order valence-corrected chi connectivity index (χ4v) is 2.10. The third kappa shape index (κ3) is 1.69. The van der Waals surface area contributed by atoms with Gasteiger partial charge in [0, 0.05) is 23.1 Å². The normalized spacial score (nSPS) is 10.9. The zero-order valence-electron chi connectivity index (χ0n) is 9.01. The molecule has 0 saturated heterocycles. The van der Waals surface area contributed by atoms with Gasteiger partial charge in [-0.2, -0.15) is 0 Å². The number of hydrogen-bond donors (Lipinski definition) is 2. The second kappa shape index (κ2) is 3.86. The van der Waals surface area contributed by atoms with Gasteiger partial charge in [0.2, 0.25) is 0 Å². The molecule has 3 aromatic rings. The Balaban J connectivity index is 2.26. The van der Waals surface area contributed by atoms with Gasteiger partial charge in [-0.3, -0.25) is 0 Å². The van der Waals surface area contributed by atoms with Crippen LogP contribution in [0.3, 0.4) is 0 Å². The topological polar surface area (TPSA) is 48.9 Å². The number of nitrogens with zero attached hydrogens (tertiary/aromatic N) is 1. The van der Waals surface area contributed by atoms with Crippen LogP contribution in [0.15, 0.2) is 42.7 Å². The fourth-order valence-electron chi connectivity index (χ4n) is 1.92. The number of fused-ring (bicyclic) bond motifs is 1. The van der Waals surface area contributed by atoms with Gasteiger partial charge in [0.25, 0.3) is 0 Å². The standard InChI is InChI=1S/C13H11N2OP/c16-11-7-8(1-2-12(11)17)9-3-5-14-13-10(9)4-6-15-13/h1-7,16H,17H2,(H,14,15). The number of rotatable bonds is 1. The van der Waals surface area contributed by atoms with Gasteiger partial charge in [-0.25, -0.2) is 4.98 Å². The van der Waals surface area contributed by atoms with Gasteiger partial charge >= 0.3 is 0 Å². The number of aromatic amines is 1. The largest absolute Gasteiger partial charge is 0.507 e. The van der Waals surface area contributed by atoms with Crippen molar-refractivity contribution in [3.8, 4) is 16.9 Å². The molecule has 4 heteroatoms. The van der Waals surface area contributed by atoms with Crippen molar-refractivity contribution in [2.75, 3.05) is 0 Å². The first-order chi connectivity index (χ1) is 8.25. The SMILES string of the molecule is Oc1cc(-c2ccnc3[nH]ccc23)ccc1P. The van der Waals surface area contributed by atoms with Gasteiger partial charge < -0.3 is 10.1 Å². The molecule has 0 radical (unpaired) electrons. The van der Waals surface area contributed by atoms with Gasteiger partial charge in [0.1, 0.15) is 11.4 Å². The molecule has 3 rings (SSSR count). The lowest BCUT2D eigenvalue weighted by Crippen LogP contribution is -1.91.